The zero-order chi connectivity index (χ0) is 12.5. The topological polar surface area (TPSA) is 29.3 Å². The normalized spacial score (nSPS) is 14.7. The molecule has 0 atom stereocenters. The third-order valence-electron chi connectivity index (χ3n) is 3.38. The van der Waals surface area contributed by atoms with Crippen molar-refractivity contribution in [2.24, 2.45) is 0 Å². The number of halogens is 1. The average molecular weight is 303 g/mol. The third kappa shape index (κ3) is 2.28. The van der Waals surface area contributed by atoms with E-state index in [1.54, 1.807) is 0 Å². The molecule has 2 nitrogen and oxygen atoms in total. The van der Waals surface area contributed by atoms with Crippen LogP contribution in [0.4, 0.5) is 5.69 Å². The van der Waals surface area contributed by atoms with Gasteiger partial charge in [0.05, 0.1) is 0 Å². The summed E-state index contributed by atoms with van der Waals surface area (Å²) in [5, 5.41) is 0. The Labute approximate surface area is 116 Å². The Hall–Kier alpha value is -1.32. The van der Waals surface area contributed by atoms with Crippen molar-refractivity contribution in [2.75, 3.05) is 5.73 Å². The molecule has 92 valence electrons. The fourth-order valence-corrected chi connectivity index (χ4v) is 2.97. The van der Waals surface area contributed by atoms with Gasteiger partial charge in [0.15, 0.2) is 0 Å². The molecule has 2 aromatic carbocycles. The lowest BCUT2D eigenvalue weighted by Gasteiger charge is -2.15. The summed E-state index contributed by atoms with van der Waals surface area (Å²) in [6.07, 6.45) is 0. The number of rotatable bonds is 2. The van der Waals surface area contributed by atoms with Crippen molar-refractivity contribution in [3.8, 4) is 0 Å². The van der Waals surface area contributed by atoms with E-state index in [1.807, 2.05) is 12.1 Å². The predicted molar refractivity (Wildman–Crippen MR) is 77.9 cm³/mol. The number of nitrogens with two attached hydrogens (primary N) is 1. The van der Waals surface area contributed by atoms with Gasteiger partial charge in [-0.05, 0) is 34.9 Å². The van der Waals surface area contributed by atoms with E-state index < -0.39 is 0 Å². The molecular formula is C15H15BrN2. The first-order valence-electron chi connectivity index (χ1n) is 6.05. The fourth-order valence-electron chi connectivity index (χ4n) is 2.52. The molecule has 3 heteroatoms. The molecule has 1 heterocycles. The van der Waals surface area contributed by atoms with Crippen LogP contribution in [0.15, 0.2) is 46.9 Å². The zero-order valence-corrected chi connectivity index (χ0v) is 11.7. The molecule has 0 aromatic heterocycles. The van der Waals surface area contributed by atoms with Gasteiger partial charge in [0.1, 0.15) is 0 Å². The first-order chi connectivity index (χ1) is 8.72. The van der Waals surface area contributed by atoms with Gasteiger partial charge < -0.3 is 5.73 Å². The molecule has 0 fully saturated rings. The molecule has 2 aromatic rings. The number of fused-ring (bicyclic) bond motifs is 1. The number of nitrogen functional groups attached to an aromatic ring is 1. The van der Waals surface area contributed by atoms with Crippen molar-refractivity contribution >= 4 is 21.6 Å². The maximum atomic E-state index is 6.02. The van der Waals surface area contributed by atoms with E-state index in [9.17, 15) is 0 Å². The van der Waals surface area contributed by atoms with Crippen LogP contribution in [0.1, 0.15) is 16.7 Å². The minimum absolute atomic E-state index is 0.921. The highest BCUT2D eigenvalue weighted by Gasteiger charge is 2.20. The molecule has 0 saturated carbocycles. The van der Waals surface area contributed by atoms with Gasteiger partial charge in [-0.2, -0.15) is 0 Å². The standard InChI is InChI=1S/C15H15BrN2/c16-13-5-1-3-11(7-13)8-18-9-12-4-2-6-15(17)14(12)10-18/h1-7H,8-10,17H2. The molecule has 0 bridgehead atoms. The third-order valence-corrected chi connectivity index (χ3v) is 3.87. The quantitative estimate of drug-likeness (QED) is 0.860. The first-order valence-corrected chi connectivity index (χ1v) is 6.85. The Morgan fingerprint density at radius 2 is 1.94 bits per heavy atom. The van der Waals surface area contributed by atoms with E-state index in [1.165, 1.54) is 16.7 Å². The lowest BCUT2D eigenvalue weighted by atomic mass is 10.1. The summed E-state index contributed by atoms with van der Waals surface area (Å²) in [6.45, 7) is 2.91. The zero-order valence-electron chi connectivity index (χ0n) is 10.1. The van der Waals surface area contributed by atoms with Crippen molar-refractivity contribution < 1.29 is 0 Å². The molecule has 1 aliphatic rings. The Morgan fingerprint density at radius 1 is 1.11 bits per heavy atom. The van der Waals surface area contributed by atoms with Crippen LogP contribution in [0.25, 0.3) is 0 Å². The van der Waals surface area contributed by atoms with E-state index in [-0.39, 0.29) is 0 Å². The van der Waals surface area contributed by atoms with Crippen molar-refractivity contribution in [1.29, 1.82) is 0 Å². The van der Waals surface area contributed by atoms with Gasteiger partial charge in [-0.1, -0.05) is 40.2 Å². The van der Waals surface area contributed by atoms with E-state index in [0.29, 0.717) is 0 Å². The monoisotopic (exact) mass is 302 g/mol. The molecular weight excluding hydrogens is 288 g/mol. The Morgan fingerprint density at radius 3 is 2.72 bits per heavy atom. The molecule has 0 unspecified atom stereocenters. The second kappa shape index (κ2) is 4.75. The first kappa shape index (κ1) is 11.8. The molecule has 18 heavy (non-hydrogen) atoms. The van der Waals surface area contributed by atoms with Crippen LogP contribution >= 0.6 is 15.9 Å². The molecule has 0 spiro atoms. The molecule has 0 amide bonds. The molecule has 3 rings (SSSR count). The maximum absolute atomic E-state index is 6.02. The van der Waals surface area contributed by atoms with Crippen LogP contribution in [0, 0.1) is 0 Å². The summed E-state index contributed by atoms with van der Waals surface area (Å²) < 4.78 is 1.14. The predicted octanol–water partition coefficient (Wildman–Crippen LogP) is 3.55. The van der Waals surface area contributed by atoms with E-state index in [4.69, 9.17) is 5.73 Å². The highest BCUT2D eigenvalue weighted by molar-refractivity contribution is 9.10. The van der Waals surface area contributed by atoms with Gasteiger partial charge in [0, 0.05) is 29.8 Å². The van der Waals surface area contributed by atoms with Gasteiger partial charge in [-0.3, -0.25) is 4.90 Å². The van der Waals surface area contributed by atoms with Crippen molar-refractivity contribution in [3.63, 3.8) is 0 Å². The number of hydrogen-bond acceptors (Lipinski definition) is 2. The van der Waals surface area contributed by atoms with Crippen LogP contribution in [-0.2, 0) is 19.6 Å². The Kier molecular flexibility index (Phi) is 3.10. The minimum atomic E-state index is 0.921. The lowest BCUT2D eigenvalue weighted by molar-refractivity contribution is 0.275. The maximum Gasteiger partial charge on any atom is 0.0363 e. The molecule has 2 N–H and O–H groups in total. The molecule has 1 aliphatic heterocycles. The second-order valence-electron chi connectivity index (χ2n) is 4.76. The van der Waals surface area contributed by atoms with Crippen molar-refractivity contribution in [3.05, 3.63) is 63.6 Å². The Balaban J connectivity index is 1.77. The summed E-state index contributed by atoms with van der Waals surface area (Å²) in [5.41, 5.74) is 10.9. The fraction of sp³-hybridized carbons (Fsp3) is 0.200. The SMILES string of the molecule is Nc1cccc2c1CN(Cc1cccc(Br)c1)C2. The number of anilines is 1. The van der Waals surface area contributed by atoms with Crippen LogP contribution in [0.3, 0.4) is 0 Å². The second-order valence-corrected chi connectivity index (χ2v) is 5.68. The summed E-state index contributed by atoms with van der Waals surface area (Å²) >= 11 is 3.51. The summed E-state index contributed by atoms with van der Waals surface area (Å²) in [5.74, 6) is 0. The smallest absolute Gasteiger partial charge is 0.0363 e. The molecule has 0 aliphatic carbocycles. The highest BCUT2D eigenvalue weighted by atomic mass is 79.9. The van der Waals surface area contributed by atoms with E-state index in [0.717, 1.165) is 29.8 Å². The van der Waals surface area contributed by atoms with Crippen molar-refractivity contribution in [2.45, 2.75) is 19.6 Å². The molecule has 0 radical (unpaired) electrons. The summed E-state index contributed by atoms with van der Waals surface area (Å²) in [7, 11) is 0. The summed E-state index contributed by atoms with van der Waals surface area (Å²) in [6, 6.07) is 14.7. The summed E-state index contributed by atoms with van der Waals surface area (Å²) in [4.78, 5) is 2.42. The number of hydrogen-bond donors (Lipinski definition) is 1. The molecule has 0 saturated heterocycles. The average Bonchev–Trinajstić information content (AvgIpc) is 2.73. The van der Waals surface area contributed by atoms with Gasteiger partial charge in [-0.15, -0.1) is 0 Å². The lowest BCUT2D eigenvalue weighted by Crippen LogP contribution is -2.15. The van der Waals surface area contributed by atoms with Crippen LogP contribution in [-0.4, -0.2) is 4.90 Å². The van der Waals surface area contributed by atoms with Gasteiger partial charge >= 0.3 is 0 Å². The van der Waals surface area contributed by atoms with E-state index >= 15 is 0 Å². The van der Waals surface area contributed by atoms with Crippen molar-refractivity contribution in [1.82, 2.24) is 4.90 Å². The van der Waals surface area contributed by atoms with Crippen LogP contribution in [0.5, 0.6) is 0 Å². The van der Waals surface area contributed by atoms with Gasteiger partial charge in [0.2, 0.25) is 0 Å². The number of nitrogens with zero attached hydrogens (tertiary/aromatic N) is 1. The van der Waals surface area contributed by atoms with Gasteiger partial charge in [0.25, 0.3) is 0 Å². The largest absolute Gasteiger partial charge is 0.398 e. The van der Waals surface area contributed by atoms with E-state index in [2.05, 4.69) is 51.2 Å². The minimum Gasteiger partial charge on any atom is -0.398 e. The highest BCUT2D eigenvalue weighted by Crippen LogP contribution is 2.28. The Bertz CT molecular complexity index is 580. The van der Waals surface area contributed by atoms with Crippen LogP contribution in [0.2, 0.25) is 0 Å². The number of benzene rings is 2. The van der Waals surface area contributed by atoms with Gasteiger partial charge in [-0.25, -0.2) is 0 Å². The van der Waals surface area contributed by atoms with Crippen LogP contribution < -0.4 is 5.73 Å².